The second-order valence-electron chi connectivity index (χ2n) is 12.0. The van der Waals surface area contributed by atoms with Crippen LogP contribution in [0.1, 0.15) is 87.2 Å². The molecule has 0 atom stereocenters. The van der Waals surface area contributed by atoms with Crippen LogP contribution in [0.15, 0.2) is 59.4 Å². The fraction of sp³-hybridized carbons (Fsp3) is 0.412. The van der Waals surface area contributed by atoms with Crippen molar-refractivity contribution in [2.24, 2.45) is 5.41 Å². The molecule has 0 unspecified atom stereocenters. The summed E-state index contributed by atoms with van der Waals surface area (Å²) in [6, 6.07) is 6.96. The van der Waals surface area contributed by atoms with E-state index in [1.165, 1.54) is 28.0 Å². The van der Waals surface area contributed by atoms with E-state index in [0.29, 0.717) is 16.0 Å². The van der Waals surface area contributed by atoms with E-state index in [2.05, 4.69) is 72.7 Å². The van der Waals surface area contributed by atoms with Gasteiger partial charge in [0.05, 0.1) is 10.0 Å². The van der Waals surface area contributed by atoms with Gasteiger partial charge in [-0.1, -0.05) is 72.1 Å². The van der Waals surface area contributed by atoms with Crippen molar-refractivity contribution in [1.29, 1.82) is 0 Å². The number of aryl methyl sites for hydroxylation is 1. The van der Waals surface area contributed by atoms with E-state index in [1.54, 1.807) is 12.4 Å². The van der Waals surface area contributed by atoms with E-state index < -0.39 is 0 Å². The highest BCUT2D eigenvalue weighted by Crippen LogP contribution is 2.56. The number of rotatable bonds is 8. The van der Waals surface area contributed by atoms with Gasteiger partial charge in [0.15, 0.2) is 0 Å². The van der Waals surface area contributed by atoms with Gasteiger partial charge in [-0.15, -0.1) is 0 Å². The molecule has 2 aromatic heterocycles. The summed E-state index contributed by atoms with van der Waals surface area (Å²) in [6.45, 7) is 12.8. The van der Waals surface area contributed by atoms with Crippen molar-refractivity contribution < 1.29 is 4.52 Å². The number of pyridine rings is 1. The highest BCUT2D eigenvalue weighted by atomic mass is 35.5. The lowest BCUT2D eigenvalue weighted by atomic mass is 9.63. The Balaban J connectivity index is 1.23. The highest BCUT2D eigenvalue weighted by Gasteiger charge is 2.44. The molecule has 3 aliphatic rings. The molecule has 1 saturated carbocycles. The summed E-state index contributed by atoms with van der Waals surface area (Å²) >= 11 is 13.1. The predicted molar refractivity (Wildman–Crippen MR) is 167 cm³/mol. The first-order valence-electron chi connectivity index (χ1n) is 14.5. The number of benzene rings is 1. The summed E-state index contributed by atoms with van der Waals surface area (Å²) in [5.74, 6) is 1.44. The van der Waals surface area contributed by atoms with Crippen molar-refractivity contribution in [2.75, 3.05) is 18.0 Å². The van der Waals surface area contributed by atoms with Gasteiger partial charge in [0.2, 0.25) is 0 Å². The van der Waals surface area contributed by atoms with Crippen LogP contribution in [0.3, 0.4) is 0 Å². The van der Waals surface area contributed by atoms with Crippen LogP contribution in [-0.4, -0.2) is 23.2 Å². The third kappa shape index (κ3) is 5.17. The minimum Gasteiger partial charge on any atom is -0.371 e. The molecule has 0 bridgehead atoms. The summed E-state index contributed by atoms with van der Waals surface area (Å²) in [5.41, 5.74) is 10.6. The lowest BCUT2D eigenvalue weighted by molar-refractivity contribution is 0.277. The normalized spacial score (nSPS) is 18.6. The van der Waals surface area contributed by atoms with Crippen molar-refractivity contribution in [1.82, 2.24) is 10.1 Å². The zero-order valence-electron chi connectivity index (χ0n) is 23.7. The standard InChI is InChI=1S/C34H37Cl2N3O/c1-5-6-24(15-21(2)3)27-16-26(10-7-22(27)4)39-13-11-34(12-14-39)17-25(18-34)30-32(38-40-33(30)23-8-9-23)31-28(35)19-37-20-29(31)36/h7,10,15-17,19-20,23H,2,5-6,8-9,11-14,18H2,1,3-4H3/b24-15-. The summed E-state index contributed by atoms with van der Waals surface area (Å²) in [7, 11) is 0. The van der Waals surface area contributed by atoms with E-state index >= 15 is 0 Å². The zero-order chi connectivity index (χ0) is 28.0. The molecule has 3 heterocycles. The summed E-state index contributed by atoms with van der Waals surface area (Å²) in [6.07, 6.45) is 15.8. The maximum Gasteiger partial charge on any atom is 0.147 e. The number of nitrogens with zero attached hydrogens (tertiary/aromatic N) is 3. The molecular weight excluding hydrogens is 537 g/mol. The van der Waals surface area contributed by atoms with Crippen LogP contribution in [-0.2, 0) is 0 Å². The van der Waals surface area contributed by atoms with Gasteiger partial charge < -0.3 is 9.42 Å². The second-order valence-corrected chi connectivity index (χ2v) is 12.8. The van der Waals surface area contributed by atoms with E-state index in [0.717, 1.165) is 86.2 Å². The molecule has 1 aromatic carbocycles. The van der Waals surface area contributed by atoms with Gasteiger partial charge in [-0.2, -0.15) is 0 Å². The number of hydrogen-bond acceptors (Lipinski definition) is 4. The molecule has 40 heavy (non-hydrogen) atoms. The Bertz CT molecular complexity index is 1500. The summed E-state index contributed by atoms with van der Waals surface area (Å²) in [4.78, 5) is 6.68. The predicted octanol–water partition coefficient (Wildman–Crippen LogP) is 10.1. The Hall–Kier alpha value is -2.82. The van der Waals surface area contributed by atoms with Crippen molar-refractivity contribution in [3.05, 3.63) is 87.4 Å². The van der Waals surface area contributed by atoms with Gasteiger partial charge in [-0.3, -0.25) is 4.98 Å². The Morgan fingerprint density at radius 3 is 2.48 bits per heavy atom. The largest absolute Gasteiger partial charge is 0.371 e. The molecule has 0 radical (unpaired) electrons. The van der Waals surface area contributed by atoms with E-state index in [9.17, 15) is 0 Å². The lowest BCUT2D eigenvalue weighted by Gasteiger charge is -2.47. The minimum atomic E-state index is 0.230. The topological polar surface area (TPSA) is 42.2 Å². The average Bonchev–Trinajstić information content (AvgIpc) is 3.67. The van der Waals surface area contributed by atoms with E-state index in [1.807, 2.05) is 0 Å². The maximum atomic E-state index is 6.54. The molecule has 4 nitrogen and oxygen atoms in total. The molecule has 2 fully saturated rings. The number of allylic oxidation sites excluding steroid dienone is 5. The quantitative estimate of drug-likeness (QED) is 0.251. The number of halogens is 2. The van der Waals surface area contributed by atoms with E-state index in [4.69, 9.17) is 27.7 Å². The molecule has 6 rings (SSSR count). The fourth-order valence-corrected chi connectivity index (χ4v) is 7.00. The van der Waals surface area contributed by atoms with Gasteiger partial charge in [0.1, 0.15) is 11.5 Å². The van der Waals surface area contributed by atoms with Crippen molar-refractivity contribution in [2.45, 2.75) is 71.6 Å². The van der Waals surface area contributed by atoms with Crippen LogP contribution in [0.25, 0.3) is 22.4 Å². The Morgan fingerprint density at radius 2 is 1.85 bits per heavy atom. The monoisotopic (exact) mass is 573 g/mol. The van der Waals surface area contributed by atoms with Crippen LogP contribution in [0.5, 0.6) is 0 Å². The third-order valence-corrected chi connectivity index (χ3v) is 9.31. The van der Waals surface area contributed by atoms with Gasteiger partial charge >= 0.3 is 0 Å². The molecular formula is C34H37Cl2N3O. The lowest BCUT2D eigenvalue weighted by Crippen LogP contribution is -2.42. The molecule has 6 heteroatoms. The van der Waals surface area contributed by atoms with Gasteiger partial charge in [-0.25, -0.2) is 0 Å². The maximum absolute atomic E-state index is 6.54. The van der Waals surface area contributed by atoms with Crippen LogP contribution in [0.4, 0.5) is 5.69 Å². The summed E-state index contributed by atoms with van der Waals surface area (Å²) < 4.78 is 5.93. The first-order valence-corrected chi connectivity index (χ1v) is 15.3. The fourth-order valence-electron chi connectivity index (χ4n) is 6.46. The molecule has 1 aliphatic heterocycles. The molecule has 2 aliphatic carbocycles. The molecule has 3 aromatic rings. The third-order valence-electron chi connectivity index (χ3n) is 8.73. The van der Waals surface area contributed by atoms with Crippen molar-refractivity contribution in [3.63, 3.8) is 0 Å². The Kier molecular flexibility index (Phi) is 7.43. The number of aromatic nitrogens is 2. The van der Waals surface area contributed by atoms with Crippen LogP contribution in [0, 0.1) is 12.3 Å². The van der Waals surface area contributed by atoms with E-state index in [-0.39, 0.29) is 5.41 Å². The molecule has 1 saturated heterocycles. The number of piperidine rings is 1. The highest BCUT2D eigenvalue weighted by molar-refractivity contribution is 6.39. The van der Waals surface area contributed by atoms with Crippen molar-refractivity contribution in [3.8, 4) is 11.3 Å². The number of hydrogen-bond donors (Lipinski definition) is 0. The second kappa shape index (κ2) is 10.9. The first kappa shape index (κ1) is 27.4. The Morgan fingerprint density at radius 1 is 1.15 bits per heavy atom. The van der Waals surface area contributed by atoms with Crippen LogP contribution < -0.4 is 4.90 Å². The average molecular weight is 575 g/mol. The SMILES string of the molecule is C=C(C)/C=C(/CCC)c1cc(N2CCC3(C=C(c4c(-c5c(Cl)cncc5Cl)noc4C4CC4)C3)CC2)ccc1C. The smallest absolute Gasteiger partial charge is 0.147 e. The van der Waals surface area contributed by atoms with Crippen LogP contribution >= 0.6 is 23.2 Å². The van der Waals surface area contributed by atoms with Crippen molar-refractivity contribution >= 4 is 40.0 Å². The van der Waals surface area contributed by atoms with Crippen LogP contribution in [0.2, 0.25) is 10.0 Å². The van der Waals surface area contributed by atoms with Gasteiger partial charge in [-0.05, 0) is 92.2 Å². The van der Waals surface area contributed by atoms with Gasteiger partial charge in [0.25, 0.3) is 0 Å². The molecule has 208 valence electrons. The molecule has 0 N–H and O–H groups in total. The molecule has 1 spiro atoms. The Labute approximate surface area is 247 Å². The summed E-state index contributed by atoms with van der Waals surface area (Å²) in [5, 5.41) is 5.50. The number of anilines is 1. The first-order chi connectivity index (χ1) is 19.3. The minimum absolute atomic E-state index is 0.230. The zero-order valence-corrected chi connectivity index (χ0v) is 25.2. The van der Waals surface area contributed by atoms with Gasteiger partial charge in [0, 0.05) is 48.2 Å². The molecule has 0 amide bonds.